The summed E-state index contributed by atoms with van der Waals surface area (Å²) in [5.41, 5.74) is 2.91. The van der Waals surface area contributed by atoms with Crippen molar-refractivity contribution in [2.24, 2.45) is 0 Å². The van der Waals surface area contributed by atoms with Crippen molar-refractivity contribution in [2.75, 3.05) is 5.32 Å². The molecular formula is C12H13BrN4. The highest BCUT2D eigenvalue weighted by Crippen LogP contribution is 2.13. The first-order valence-electron chi connectivity index (χ1n) is 5.28. The number of hydrogen-bond acceptors (Lipinski definition) is 4. The van der Waals surface area contributed by atoms with Crippen molar-refractivity contribution >= 4 is 21.7 Å². The summed E-state index contributed by atoms with van der Waals surface area (Å²) in [6.45, 7) is 4.55. The molecule has 0 aliphatic heterocycles. The molecule has 17 heavy (non-hydrogen) atoms. The Morgan fingerprint density at radius 1 is 1.24 bits per heavy atom. The molecule has 2 aromatic heterocycles. The lowest BCUT2D eigenvalue weighted by atomic mass is 10.3. The van der Waals surface area contributed by atoms with Gasteiger partial charge in [-0.05, 0) is 41.4 Å². The van der Waals surface area contributed by atoms with E-state index >= 15 is 0 Å². The van der Waals surface area contributed by atoms with E-state index in [1.807, 2.05) is 26.1 Å². The summed E-state index contributed by atoms with van der Waals surface area (Å²) in [6.07, 6.45) is 5.36. The topological polar surface area (TPSA) is 50.7 Å². The van der Waals surface area contributed by atoms with Gasteiger partial charge in [0.2, 0.25) is 0 Å². The van der Waals surface area contributed by atoms with Gasteiger partial charge in [0.1, 0.15) is 5.82 Å². The molecule has 2 heterocycles. The van der Waals surface area contributed by atoms with Crippen LogP contribution in [0.1, 0.15) is 17.0 Å². The summed E-state index contributed by atoms with van der Waals surface area (Å²) in [7, 11) is 0. The van der Waals surface area contributed by atoms with E-state index in [-0.39, 0.29) is 0 Å². The number of nitrogens with zero attached hydrogens (tertiary/aromatic N) is 3. The van der Waals surface area contributed by atoms with Crippen molar-refractivity contribution < 1.29 is 0 Å². The van der Waals surface area contributed by atoms with Gasteiger partial charge in [-0.15, -0.1) is 0 Å². The van der Waals surface area contributed by atoms with Crippen molar-refractivity contribution in [3.05, 3.63) is 46.1 Å². The molecule has 0 amide bonds. The van der Waals surface area contributed by atoms with Gasteiger partial charge >= 0.3 is 0 Å². The number of aromatic nitrogens is 3. The summed E-state index contributed by atoms with van der Waals surface area (Å²) < 4.78 is 0.976. The van der Waals surface area contributed by atoms with Crippen LogP contribution in [0.15, 0.2) is 29.1 Å². The third-order valence-electron chi connectivity index (χ3n) is 2.30. The number of halogens is 1. The minimum atomic E-state index is 0.686. The first-order valence-corrected chi connectivity index (χ1v) is 6.08. The number of anilines is 1. The van der Waals surface area contributed by atoms with E-state index in [0.717, 1.165) is 27.2 Å². The largest absolute Gasteiger partial charge is 0.364 e. The highest BCUT2D eigenvalue weighted by Gasteiger charge is 2.02. The Hall–Kier alpha value is -1.49. The molecule has 1 N–H and O–H groups in total. The fraction of sp³-hybridized carbons (Fsp3) is 0.250. The summed E-state index contributed by atoms with van der Waals surface area (Å²) in [6, 6.07) is 2.03. The second-order valence-corrected chi connectivity index (χ2v) is 4.73. The molecule has 0 aliphatic rings. The van der Waals surface area contributed by atoms with Crippen molar-refractivity contribution in [3.63, 3.8) is 0 Å². The fourth-order valence-corrected chi connectivity index (χ4v) is 1.86. The predicted molar refractivity (Wildman–Crippen MR) is 70.8 cm³/mol. The van der Waals surface area contributed by atoms with Crippen LogP contribution in [0.25, 0.3) is 0 Å². The van der Waals surface area contributed by atoms with Gasteiger partial charge in [-0.1, -0.05) is 0 Å². The molecule has 4 nitrogen and oxygen atoms in total. The van der Waals surface area contributed by atoms with Gasteiger partial charge < -0.3 is 5.32 Å². The minimum absolute atomic E-state index is 0.686. The summed E-state index contributed by atoms with van der Waals surface area (Å²) in [4.78, 5) is 12.8. The van der Waals surface area contributed by atoms with Crippen molar-refractivity contribution in [1.82, 2.24) is 15.0 Å². The lowest BCUT2D eigenvalue weighted by Gasteiger charge is -2.08. The van der Waals surface area contributed by atoms with Crippen LogP contribution < -0.4 is 5.32 Å². The molecule has 88 valence electrons. The zero-order valence-electron chi connectivity index (χ0n) is 9.74. The molecule has 0 atom stereocenters. The Morgan fingerprint density at radius 2 is 2.06 bits per heavy atom. The van der Waals surface area contributed by atoms with E-state index in [0.29, 0.717) is 6.54 Å². The molecule has 2 rings (SSSR count). The van der Waals surface area contributed by atoms with Gasteiger partial charge in [-0.25, -0.2) is 4.98 Å². The molecule has 0 fully saturated rings. The number of rotatable bonds is 3. The molecule has 0 saturated carbocycles. The minimum Gasteiger partial charge on any atom is -0.364 e. The van der Waals surface area contributed by atoms with Crippen molar-refractivity contribution in [3.8, 4) is 0 Å². The molecule has 2 aromatic rings. The van der Waals surface area contributed by atoms with Crippen LogP contribution in [0.4, 0.5) is 5.82 Å². The third-order valence-corrected chi connectivity index (χ3v) is 2.73. The van der Waals surface area contributed by atoms with E-state index in [1.54, 1.807) is 12.4 Å². The standard InChI is InChI=1S/C12H13BrN4/c1-8-4-15-9(2)12(17-8)16-6-10-3-11(13)7-14-5-10/h3-5,7H,6H2,1-2H3,(H,16,17). The molecule has 0 radical (unpaired) electrons. The van der Waals surface area contributed by atoms with Gasteiger partial charge in [0, 0.05) is 29.6 Å². The highest BCUT2D eigenvalue weighted by molar-refractivity contribution is 9.10. The lowest BCUT2D eigenvalue weighted by Crippen LogP contribution is -2.05. The van der Waals surface area contributed by atoms with Crippen LogP contribution >= 0.6 is 15.9 Å². The summed E-state index contributed by atoms with van der Waals surface area (Å²) in [5, 5.41) is 3.26. The monoisotopic (exact) mass is 292 g/mol. The van der Waals surface area contributed by atoms with Crippen molar-refractivity contribution in [1.29, 1.82) is 0 Å². The first-order chi connectivity index (χ1) is 8.15. The molecule has 0 saturated heterocycles. The average molecular weight is 293 g/mol. The predicted octanol–water partition coefficient (Wildman–Crippen LogP) is 2.86. The van der Waals surface area contributed by atoms with Crippen LogP contribution in [0.5, 0.6) is 0 Å². The van der Waals surface area contributed by atoms with Gasteiger partial charge in [-0.3, -0.25) is 9.97 Å². The first kappa shape index (κ1) is 12.0. The quantitative estimate of drug-likeness (QED) is 0.945. The van der Waals surface area contributed by atoms with E-state index < -0.39 is 0 Å². The Balaban J connectivity index is 2.09. The number of aryl methyl sites for hydroxylation is 2. The van der Waals surface area contributed by atoms with Crippen molar-refractivity contribution in [2.45, 2.75) is 20.4 Å². The molecule has 5 heteroatoms. The molecule has 0 aromatic carbocycles. The van der Waals surface area contributed by atoms with E-state index in [2.05, 4.69) is 36.2 Å². The maximum atomic E-state index is 4.40. The number of hydrogen-bond donors (Lipinski definition) is 1. The SMILES string of the molecule is Cc1cnc(C)c(NCc2cncc(Br)c2)n1. The summed E-state index contributed by atoms with van der Waals surface area (Å²) >= 11 is 3.40. The van der Waals surface area contributed by atoms with Gasteiger partial charge in [-0.2, -0.15) is 0 Å². The Bertz CT molecular complexity index is 528. The zero-order chi connectivity index (χ0) is 12.3. The second kappa shape index (κ2) is 5.23. The van der Waals surface area contributed by atoms with Gasteiger partial charge in [0.25, 0.3) is 0 Å². The average Bonchev–Trinajstić information content (AvgIpc) is 2.30. The number of pyridine rings is 1. The molecule has 0 spiro atoms. The van der Waals surface area contributed by atoms with Crippen LogP contribution in [-0.2, 0) is 6.54 Å². The Labute approximate surface area is 109 Å². The Kier molecular flexibility index (Phi) is 3.68. The van der Waals surface area contributed by atoms with Crippen LogP contribution in [0.3, 0.4) is 0 Å². The molecule has 0 bridgehead atoms. The van der Waals surface area contributed by atoms with Crippen LogP contribution in [-0.4, -0.2) is 15.0 Å². The maximum absolute atomic E-state index is 4.40. The van der Waals surface area contributed by atoms with Crippen LogP contribution in [0.2, 0.25) is 0 Å². The fourth-order valence-electron chi connectivity index (χ4n) is 1.44. The lowest BCUT2D eigenvalue weighted by molar-refractivity contribution is 1.01. The second-order valence-electron chi connectivity index (χ2n) is 3.81. The Morgan fingerprint density at radius 3 is 2.82 bits per heavy atom. The number of nitrogens with one attached hydrogen (secondary N) is 1. The zero-order valence-corrected chi connectivity index (χ0v) is 11.3. The molecule has 0 aliphatic carbocycles. The summed E-state index contributed by atoms with van der Waals surface area (Å²) in [5.74, 6) is 0.824. The smallest absolute Gasteiger partial charge is 0.148 e. The van der Waals surface area contributed by atoms with Gasteiger partial charge in [0.15, 0.2) is 0 Å². The van der Waals surface area contributed by atoms with E-state index in [4.69, 9.17) is 0 Å². The normalized spacial score (nSPS) is 10.3. The van der Waals surface area contributed by atoms with E-state index in [1.165, 1.54) is 0 Å². The van der Waals surface area contributed by atoms with Gasteiger partial charge in [0.05, 0.1) is 11.4 Å². The van der Waals surface area contributed by atoms with Crippen LogP contribution in [0, 0.1) is 13.8 Å². The third kappa shape index (κ3) is 3.23. The molecule has 0 unspecified atom stereocenters. The highest BCUT2D eigenvalue weighted by atomic mass is 79.9. The molecular weight excluding hydrogens is 280 g/mol. The van der Waals surface area contributed by atoms with E-state index in [9.17, 15) is 0 Å². The maximum Gasteiger partial charge on any atom is 0.148 e.